The summed E-state index contributed by atoms with van der Waals surface area (Å²) in [5.74, 6) is 0.663. The third-order valence-electron chi connectivity index (χ3n) is 3.10. The molecule has 2 rings (SSSR count). The zero-order chi connectivity index (χ0) is 14.9. The fraction of sp³-hybridized carbons (Fsp3) is 0.308. The third-order valence-corrected chi connectivity index (χ3v) is 4.35. The number of nitrogens with two attached hydrogens (primary N) is 1. The van der Waals surface area contributed by atoms with Crippen molar-refractivity contribution in [3.05, 3.63) is 35.8 Å². The Morgan fingerprint density at radius 1 is 1.35 bits per heavy atom. The number of sulfonamides is 1. The van der Waals surface area contributed by atoms with Crippen LogP contribution in [0.3, 0.4) is 0 Å². The van der Waals surface area contributed by atoms with Crippen molar-refractivity contribution >= 4 is 21.4 Å². The lowest BCUT2D eigenvalue weighted by molar-refractivity contribution is 0.598. The van der Waals surface area contributed by atoms with Crippen molar-refractivity contribution in [3.63, 3.8) is 0 Å². The predicted octanol–water partition coefficient (Wildman–Crippen LogP) is 1.90. The van der Waals surface area contributed by atoms with Crippen LogP contribution in [0.25, 0.3) is 0 Å². The van der Waals surface area contributed by atoms with Crippen LogP contribution in [-0.4, -0.2) is 18.0 Å². The molecule has 0 fully saturated rings. The summed E-state index contributed by atoms with van der Waals surface area (Å²) in [6.45, 7) is 6.23. The Labute approximate surface area is 118 Å². The molecule has 1 heterocycles. The minimum Gasteiger partial charge on any atom is -0.398 e. The van der Waals surface area contributed by atoms with Gasteiger partial charge in [0.1, 0.15) is 5.82 Å². The van der Waals surface area contributed by atoms with Crippen molar-refractivity contribution in [2.45, 2.75) is 32.3 Å². The average molecular weight is 294 g/mol. The van der Waals surface area contributed by atoms with Crippen LogP contribution in [-0.2, 0) is 16.6 Å². The lowest BCUT2D eigenvalue weighted by Gasteiger charge is -2.07. The van der Waals surface area contributed by atoms with E-state index < -0.39 is 10.0 Å². The van der Waals surface area contributed by atoms with Gasteiger partial charge in [0.2, 0.25) is 0 Å². The zero-order valence-electron chi connectivity index (χ0n) is 11.7. The highest BCUT2D eigenvalue weighted by Crippen LogP contribution is 2.20. The summed E-state index contributed by atoms with van der Waals surface area (Å²) in [6, 6.07) is 5.03. The van der Waals surface area contributed by atoms with E-state index in [1.165, 1.54) is 6.20 Å². The molecule has 0 unspecified atom stereocenters. The van der Waals surface area contributed by atoms with Crippen LogP contribution in [0.5, 0.6) is 0 Å². The van der Waals surface area contributed by atoms with E-state index in [2.05, 4.69) is 9.71 Å². The summed E-state index contributed by atoms with van der Waals surface area (Å²) in [6.07, 6.45) is 1.52. The standard InChI is InChI=1S/C13H18N4O2S/c1-4-17-8-13(15-10(17)3)20(18,19)16-11-6-5-9(2)12(14)7-11/h5-8,16H,4,14H2,1-3H3. The number of nitrogens with one attached hydrogen (secondary N) is 1. The van der Waals surface area contributed by atoms with Gasteiger partial charge in [0.05, 0.1) is 5.69 Å². The van der Waals surface area contributed by atoms with Crippen molar-refractivity contribution in [2.24, 2.45) is 0 Å². The Bertz CT molecular complexity index is 735. The van der Waals surface area contributed by atoms with Crippen molar-refractivity contribution in [1.29, 1.82) is 0 Å². The van der Waals surface area contributed by atoms with Crippen molar-refractivity contribution < 1.29 is 8.42 Å². The van der Waals surface area contributed by atoms with Crippen LogP contribution in [0, 0.1) is 13.8 Å². The quantitative estimate of drug-likeness (QED) is 0.843. The predicted molar refractivity (Wildman–Crippen MR) is 79.0 cm³/mol. The molecule has 0 saturated carbocycles. The number of nitrogen functional groups attached to an aromatic ring is 1. The molecule has 20 heavy (non-hydrogen) atoms. The van der Waals surface area contributed by atoms with Crippen LogP contribution in [0.15, 0.2) is 29.4 Å². The zero-order valence-corrected chi connectivity index (χ0v) is 12.5. The molecule has 3 N–H and O–H groups in total. The summed E-state index contributed by atoms with van der Waals surface area (Å²) in [5.41, 5.74) is 7.64. The highest BCUT2D eigenvalue weighted by molar-refractivity contribution is 7.92. The van der Waals surface area contributed by atoms with E-state index in [0.717, 1.165) is 5.56 Å². The van der Waals surface area contributed by atoms with Gasteiger partial charge >= 0.3 is 0 Å². The van der Waals surface area contributed by atoms with Gasteiger partial charge in [-0.3, -0.25) is 4.72 Å². The van der Waals surface area contributed by atoms with E-state index in [4.69, 9.17) is 5.73 Å². The number of hydrogen-bond acceptors (Lipinski definition) is 4. The number of benzene rings is 1. The van der Waals surface area contributed by atoms with Gasteiger partial charge in [0.15, 0.2) is 5.03 Å². The Morgan fingerprint density at radius 2 is 2.05 bits per heavy atom. The molecular weight excluding hydrogens is 276 g/mol. The lowest BCUT2D eigenvalue weighted by Crippen LogP contribution is -2.13. The molecule has 1 aromatic carbocycles. The number of imidazole rings is 1. The molecule has 0 aliphatic rings. The van der Waals surface area contributed by atoms with Crippen LogP contribution in [0.4, 0.5) is 11.4 Å². The SMILES string of the molecule is CCn1cc(S(=O)(=O)Nc2ccc(C)c(N)c2)nc1C. The van der Waals surface area contributed by atoms with Gasteiger partial charge in [0.25, 0.3) is 10.0 Å². The smallest absolute Gasteiger partial charge is 0.280 e. The minimum atomic E-state index is -3.69. The molecule has 1 aromatic heterocycles. The molecule has 0 bridgehead atoms. The first-order valence-electron chi connectivity index (χ1n) is 6.26. The van der Waals surface area contributed by atoms with Crippen molar-refractivity contribution in [2.75, 3.05) is 10.5 Å². The largest absolute Gasteiger partial charge is 0.398 e. The average Bonchev–Trinajstić information content (AvgIpc) is 2.76. The molecule has 0 amide bonds. The molecule has 2 aromatic rings. The second kappa shape index (κ2) is 5.16. The molecule has 0 radical (unpaired) electrons. The lowest BCUT2D eigenvalue weighted by atomic mass is 10.2. The van der Waals surface area contributed by atoms with Gasteiger partial charge in [-0.05, 0) is 38.5 Å². The first kappa shape index (κ1) is 14.4. The van der Waals surface area contributed by atoms with Gasteiger partial charge < -0.3 is 10.3 Å². The summed E-state index contributed by atoms with van der Waals surface area (Å²) in [4.78, 5) is 4.07. The molecule has 0 saturated heterocycles. The molecule has 0 aliphatic carbocycles. The number of rotatable bonds is 4. The highest BCUT2D eigenvalue weighted by Gasteiger charge is 2.19. The summed E-state index contributed by atoms with van der Waals surface area (Å²) in [5, 5.41) is 0.0102. The maximum Gasteiger partial charge on any atom is 0.280 e. The maximum absolute atomic E-state index is 12.3. The minimum absolute atomic E-state index is 0.0102. The molecule has 0 aliphatic heterocycles. The molecule has 108 valence electrons. The van der Waals surface area contributed by atoms with Crippen molar-refractivity contribution in [1.82, 2.24) is 9.55 Å². The van der Waals surface area contributed by atoms with Gasteiger partial charge in [-0.2, -0.15) is 8.42 Å². The van der Waals surface area contributed by atoms with Gasteiger partial charge in [-0.15, -0.1) is 0 Å². The Hall–Kier alpha value is -2.02. The van der Waals surface area contributed by atoms with Crippen LogP contribution < -0.4 is 10.5 Å². The number of nitrogens with zero attached hydrogens (tertiary/aromatic N) is 2. The maximum atomic E-state index is 12.3. The van der Waals surface area contributed by atoms with Gasteiger partial charge in [0, 0.05) is 18.4 Å². The molecule has 7 heteroatoms. The van der Waals surface area contributed by atoms with Crippen molar-refractivity contribution in [3.8, 4) is 0 Å². The Balaban J connectivity index is 2.32. The number of aryl methyl sites for hydroxylation is 3. The third kappa shape index (κ3) is 2.77. The summed E-state index contributed by atoms with van der Waals surface area (Å²) < 4.78 is 28.8. The van der Waals surface area contributed by atoms with E-state index in [1.54, 1.807) is 29.7 Å². The Kier molecular flexibility index (Phi) is 3.71. The molecule has 0 spiro atoms. The second-order valence-corrected chi connectivity index (χ2v) is 6.22. The fourth-order valence-electron chi connectivity index (χ4n) is 1.84. The van der Waals surface area contributed by atoms with Gasteiger partial charge in [-0.25, -0.2) is 4.98 Å². The van der Waals surface area contributed by atoms with E-state index in [9.17, 15) is 8.42 Å². The van der Waals surface area contributed by atoms with Gasteiger partial charge in [-0.1, -0.05) is 6.07 Å². The van der Waals surface area contributed by atoms with E-state index in [-0.39, 0.29) is 5.03 Å². The topological polar surface area (TPSA) is 90.0 Å². The molecule has 6 nitrogen and oxygen atoms in total. The highest BCUT2D eigenvalue weighted by atomic mass is 32.2. The van der Waals surface area contributed by atoms with Crippen LogP contribution in [0.1, 0.15) is 18.3 Å². The van der Waals surface area contributed by atoms with E-state index >= 15 is 0 Å². The fourth-order valence-corrected chi connectivity index (χ4v) is 2.90. The second-order valence-electron chi connectivity index (χ2n) is 4.59. The number of hydrogen-bond donors (Lipinski definition) is 2. The monoisotopic (exact) mass is 294 g/mol. The molecular formula is C13H18N4O2S. The molecule has 0 atom stereocenters. The first-order valence-corrected chi connectivity index (χ1v) is 7.74. The number of anilines is 2. The van der Waals surface area contributed by atoms with Crippen LogP contribution in [0.2, 0.25) is 0 Å². The summed E-state index contributed by atoms with van der Waals surface area (Å²) >= 11 is 0. The Morgan fingerprint density at radius 3 is 2.60 bits per heavy atom. The normalized spacial score (nSPS) is 11.6. The summed E-state index contributed by atoms with van der Waals surface area (Å²) in [7, 11) is -3.69. The van der Waals surface area contributed by atoms with Crippen LogP contribution >= 0.6 is 0 Å². The van der Waals surface area contributed by atoms with E-state index in [1.807, 2.05) is 13.8 Å². The van der Waals surface area contributed by atoms with E-state index in [0.29, 0.717) is 23.7 Å². The first-order chi connectivity index (χ1) is 9.33. The number of aromatic nitrogens is 2.